The number of guanidine groups is 1. The third kappa shape index (κ3) is 6.30. The first-order valence-corrected chi connectivity index (χ1v) is 7.65. The minimum Gasteiger partial charge on any atom is -0.369 e. The van der Waals surface area contributed by atoms with Gasteiger partial charge in [0.1, 0.15) is 5.15 Å². The van der Waals surface area contributed by atoms with E-state index in [1.54, 1.807) is 26.1 Å². The van der Waals surface area contributed by atoms with Gasteiger partial charge in [-0.2, -0.15) is 0 Å². The van der Waals surface area contributed by atoms with E-state index in [1.807, 2.05) is 13.0 Å². The van der Waals surface area contributed by atoms with E-state index in [0.29, 0.717) is 24.2 Å². The number of aliphatic imine (C=N–C) groups is 1. The fourth-order valence-corrected chi connectivity index (χ4v) is 1.69. The number of pyridine rings is 1. The van der Waals surface area contributed by atoms with Gasteiger partial charge in [-0.1, -0.05) is 17.7 Å². The molecule has 4 N–H and O–H groups in total. The van der Waals surface area contributed by atoms with Crippen LogP contribution in [0.2, 0.25) is 5.15 Å². The van der Waals surface area contributed by atoms with Crippen LogP contribution in [0.15, 0.2) is 23.3 Å². The summed E-state index contributed by atoms with van der Waals surface area (Å²) in [6.45, 7) is 7.32. The van der Waals surface area contributed by atoms with Crippen LogP contribution in [0.3, 0.4) is 0 Å². The third-order valence-corrected chi connectivity index (χ3v) is 3.36. The molecule has 1 aromatic heterocycles. The molecule has 122 valence electrons. The number of carbonyl (C=O) groups is 1. The van der Waals surface area contributed by atoms with Crippen LogP contribution < -0.4 is 16.4 Å². The lowest BCUT2D eigenvalue weighted by Crippen LogP contribution is -2.40. The van der Waals surface area contributed by atoms with Crippen LogP contribution in [-0.2, 0) is 11.2 Å². The van der Waals surface area contributed by atoms with E-state index in [-0.39, 0.29) is 5.91 Å². The van der Waals surface area contributed by atoms with E-state index in [4.69, 9.17) is 17.3 Å². The van der Waals surface area contributed by atoms with Gasteiger partial charge in [0.05, 0.1) is 12.0 Å². The first kappa shape index (κ1) is 18.2. The van der Waals surface area contributed by atoms with E-state index in [9.17, 15) is 4.79 Å². The molecule has 1 aromatic rings. The number of carbonyl (C=O) groups excluding carboxylic acids is 1. The van der Waals surface area contributed by atoms with Crippen molar-refractivity contribution in [3.63, 3.8) is 0 Å². The molecule has 22 heavy (non-hydrogen) atoms. The summed E-state index contributed by atoms with van der Waals surface area (Å²) in [5, 5.41) is 6.85. The minimum absolute atomic E-state index is 0.333. The standard InChI is InChI=1S/C15H24ClN5O/c1-4-18-14(21-10-15(2,3)13(17)22)19-8-7-11-5-6-12(16)20-9-11/h5-6,9H,4,7-8,10H2,1-3H3,(H2,17,22)(H2,18,19,21). The summed E-state index contributed by atoms with van der Waals surface area (Å²) in [6, 6.07) is 3.71. The van der Waals surface area contributed by atoms with Gasteiger partial charge in [0, 0.05) is 19.3 Å². The number of nitrogens with zero attached hydrogens (tertiary/aromatic N) is 2. The number of amides is 1. The van der Waals surface area contributed by atoms with Crippen LogP contribution in [0.25, 0.3) is 0 Å². The molecule has 0 saturated heterocycles. The van der Waals surface area contributed by atoms with Crippen molar-refractivity contribution in [1.82, 2.24) is 15.6 Å². The third-order valence-electron chi connectivity index (χ3n) is 3.14. The Hall–Kier alpha value is -1.82. The van der Waals surface area contributed by atoms with Crippen LogP contribution >= 0.6 is 11.6 Å². The quantitative estimate of drug-likeness (QED) is 0.401. The van der Waals surface area contributed by atoms with Gasteiger partial charge in [0.2, 0.25) is 5.91 Å². The van der Waals surface area contributed by atoms with E-state index >= 15 is 0 Å². The number of aromatic nitrogens is 1. The van der Waals surface area contributed by atoms with Crippen LogP contribution in [0.4, 0.5) is 0 Å². The van der Waals surface area contributed by atoms with Gasteiger partial charge in [-0.25, -0.2) is 4.98 Å². The van der Waals surface area contributed by atoms with Crippen LogP contribution in [0.1, 0.15) is 26.3 Å². The Bertz CT molecular complexity index is 513. The van der Waals surface area contributed by atoms with Gasteiger partial charge in [-0.3, -0.25) is 9.79 Å². The Morgan fingerprint density at radius 1 is 1.41 bits per heavy atom. The molecule has 0 saturated carbocycles. The monoisotopic (exact) mass is 325 g/mol. The average molecular weight is 326 g/mol. The molecule has 0 aromatic carbocycles. The first-order valence-electron chi connectivity index (χ1n) is 7.27. The summed E-state index contributed by atoms with van der Waals surface area (Å²) in [5.74, 6) is 0.304. The van der Waals surface area contributed by atoms with Crippen molar-refractivity contribution < 1.29 is 4.79 Å². The molecular formula is C15H24ClN5O. The Labute approximate surface area is 136 Å². The lowest BCUT2D eigenvalue weighted by atomic mass is 9.93. The van der Waals surface area contributed by atoms with Crippen molar-refractivity contribution in [1.29, 1.82) is 0 Å². The highest BCUT2D eigenvalue weighted by atomic mass is 35.5. The molecule has 0 fully saturated rings. The molecule has 0 atom stereocenters. The maximum Gasteiger partial charge on any atom is 0.224 e. The molecular weight excluding hydrogens is 302 g/mol. The molecule has 0 bridgehead atoms. The maximum atomic E-state index is 11.3. The van der Waals surface area contributed by atoms with Gasteiger partial charge in [-0.05, 0) is 38.8 Å². The van der Waals surface area contributed by atoms with Crippen molar-refractivity contribution in [2.24, 2.45) is 16.1 Å². The maximum absolute atomic E-state index is 11.3. The SMILES string of the molecule is CCNC(=NCC(C)(C)C(N)=O)NCCc1ccc(Cl)nc1. The molecule has 0 aliphatic heterocycles. The van der Waals surface area contributed by atoms with Gasteiger partial charge in [-0.15, -0.1) is 0 Å². The summed E-state index contributed by atoms with van der Waals surface area (Å²) in [4.78, 5) is 19.8. The summed E-state index contributed by atoms with van der Waals surface area (Å²) in [6.07, 6.45) is 2.55. The van der Waals surface area contributed by atoms with Gasteiger partial charge in [0.25, 0.3) is 0 Å². The highest BCUT2D eigenvalue weighted by Crippen LogP contribution is 2.13. The summed E-state index contributed by atoms with van der Waals surface area (Å²) in [5.41, 5.74) is 5.78. The number of hydrogen-bond donors (Lipinski definition) is 3. The zero-order valence-electron chi connectivity index (χ0n) is 13.3. The fourth-order valence-electron chi connectivity index (χ4n) is 1.58. The number of hydrogen-bond acceptors (Lipinski definition) is 3. The second kappa shape index (κ2) is 8.58. The molecule has 0 radical (unpaired) electrons. The molecule has 6 nitrogen and oxygen atoms in total. The topological polar surface area (TPSA) is 92.4 Å². The number of nitrogens with one attached hydrogen (secondary N) is 2. The molecule has 1 rings (SSSR count). The van der Waals surface area contributed by atoms with E-state index in [0.717, 1.165) is 18.5 Å². The average Bonchev–Trinajstić information content (AvgIpc) is 2.46. The van der Waals surface area contributed by atoms with Gasteiger partial charge < -0.3 is 16.4 Å². The lowest BCUT2D eigenvalue weighted by Gasteiger charge is -2.19. The highest BCUT2D eigenvalue weighted by Gasteiger charge is 2.24. The molecule has 0 aliphatic carbocycles. The van der Waals surface area contributed by atoms with Crippen molar-refractivity contribution in [2.45, 2.75) is 27.2 Å². The molecule has 1 amide bonds. The van der Waals surface area contributed by atoms with E-state index in [1.165, 1.54) is 0 Å². The normalized spacial score (nSPS) is 12.1. The largest absolute Gasteiger partial charge is 0.369 e. The van der Waals surface area contributed by atoms with Crippen molar-refractivity contribution >= 4 is 23.5 Å². The smallest absolute Gasteiger partial charge is 0.224 e. The molecule has 0 unspecified atom stereocenters. The lowest BCUT2D eigenvalue weighted by molar-refractivity contribution is -0.125. The molecule has 0 spiro atoms. The van der Waals surface area contributed by atoms with Gasteiger partial charge in [0.15, 0.2) is 5.96 Å². The van der Waals surface area contributed by atoms with Crippen LogP contribution in [-0.4, -0.2) is 36.5 Å². The van der Waals surface area contributed by atoms with Crippen molar-refractivity contribution in [3.05, 3.63) is 29.0 Å². The van der Waals surface area contributed by atoms with E-state index < -0.39 is 5.41 Å². The number of primary amides is 1. The Balaban J connectivity index is 2.53. The molecule has 0 aliphatic rings. The Morgan fingerprint density at radius 3 is 2.68 bits per heavy atom. The summed E-state index contributed by atoms with van der Waals surface area (Å²) >= 11 is 5.75. The highest BCUT2D eigenvalue weighted by molar-refractivity contribution is 6.29. The second-order valence-corrected chi connectivity index (χ2v) is 6.00. The number of halogens is 1. The van der Waals surface area contributed by atoms with E-state index in [2.05, 4.69) is 20.6 Å². The van der Waals surface area contributed by atoms with Gasteiger partial charge >= 0.3 is 0 Å². The first-order chi connectivity index (χ1) is 10.3. The van der Waals surface area contributed by atoms with Crippen molar-refractivity contribution in [3.8, 4) is 0 Å². The molecule has 1 heterocycles. The predicted molar refractivity (Wildman–Crippen MR) is 89.9 cm³/mol. The predicted octanol–water partition coefficient (Wildman–Crippen LogP) is 1.34. The van der Waals surface area contributed by atoms with Crippen LogP contribution in [0.5, 0.6) is 0 Å². The fraction of sp³-hybridized carbons (Fsp3) is 0.533. The Kier molecular flexibility index (Phi) is 7.11. The number of nitrogens with two attached hydrogens (primary N) is 1. The van der Waals surface area contributed by atoms with Crippen LogP contribution in [0, 0.1) is 5.41 Å². The van der Waals surface area contributed by atoms with Crippen molar-refractivity contribution in [2.75, 3.05) is 19.6 Å². The number of rotatable bonds is 7. The molecule has 7 heteroatoms. The second-order valence-electron chi connectivity index (χ2n) is 5.61. The zero-order chi connectivity index (χ0) is 16.6. The minimum atomic E-state index is -0.664. The summed E-state index contributed by atoms with van der Waals surface area (Å²) < 4.78 is 0. The zero-order valence-corrected chi connectivity index (χ0v) is 14.1. The Morgan fingerprint density at radius 2 is 2.14 bits per heavy atom. The summed E-state index contributed by atoms with van der Waals surface area (Å²) in [7, 11) is 0.